The molecule has 2 rings (SSSR count). The Morgan fingerprint density at radius 1 is 1.47 bits per heavy atom. The van der Waals surface area contributed by atoms with Gasteiger partial charge >= 0.3 is 0 Å². The zero-order valence-corrected chi connectivity index (χ0v) is 11.3. The third-order valence-electron chi connectivity index (χ3n) is 2.18. The summed E-state index contributed by atoms with van der Waals surface area (Å²) in [6, 6.07) is 1.88. The van der Waals surface area contributed by atoms with Gasteiger partial charge in [-0.05, 0) is 22.0 Å². The summed E-state index contributed by atoms with van der Waals surface area (Å²) in [6.45, 7) is 3.43. The van der Waals surface area contributed by atoms with E-state index in [1.807, 2.05) is 16.3 Å². The van der Waals surface area contributed by atoms with Crippen molar-refractivity contribution in [3.8, 4) is 0 Å². The van der Waals surface area contributed by atoms with E-state index >= 15 is 0 Å². The van der Waals surface area contributed by atoms with Gasteiger partial charge in [0.25, 0.3) is 5.91 Å². The Balaban J connectivity index is 0.00000112. The first-order valence-electron chi connectivity index (χ1n) is 4.51. The van der Waals surface area contributed by atoms with Gasteiger partial charge in [-0.2, -0.15) is 0 Å². The van der Waals surface area contributed by atoms with E-state index in [0.29, 0.717) is 0 Å². The van der Waals surface area contributed by atoms with E-state index in [1.54, 1.807) is 0 Å². The van der Waals surface area contributed by atoms with Crippen molar-refractivity contribution in [3.05, 3.63) is 20.8 Å². The van der Waals surface area contributed by atoms with Crippen LogP contribution in [0.25, 0.3) is 0 Å². The number of nitrogens with zero attached hydrogens (tertiary/aromatic N) is 1. The summed E-state index contributed by atoms with van der Waals surface area (Å²) in [5.74, 6) is 0.155. The Kier molecular flexibility index (Phi) is 5.05. The van der Waals surface area contributed by atoms with Crippen molar-refractivity contribution >= 4 is 45.6 Å². The minimum atomic E-state index is 0. The quantitative estimate of drug-likeness (QED) is 0.860. The fourth-order valence-corrected chi connectivity index (χ4v) is 2.84. The van der Waals surface area contributed by atoms with Crippen LogP contribution in [0.4, 0.5) is 0 Å². The van der Waals surface area contributed by atoms with Gasteiger partial charge in [-0.3, -0.25) is 4.79 Å². The number of hydrogen-bond acceptors (Lipinski definition) is 3. The fourth-order valence-electron chi connectivity index (χ4n) is 1.45. The third kappa shape index (κ3) is 3.17. The highest BCUT2D eigenvalue weighted by Gasteiger charge is 2.18. The van der Waals surface area contributed by atoms with Gasteiger partial charge in [0.05, 0.1) is 4.88 Å². The molecule has 0 saturated carbocycles. The molecule has 1 aliphatic rings. The standard InChI is InChI=1S/C9H11BrN2OS.ClH/c10-7-5-8(14-6-7)9(13)12-3-1-11-2-4-12;/h5-6,11H,1-4H2;1H. The van der Waals surface area contributed by atoms with E-state index in [4.69, 9.17) is 0 Å². The minimum absolute atomic E-state index is 0. The first-order valence-corrected chi connectivity index (χ1v) is 6.18. The first kappa shape index (κ1) is 13.0. The molecule has 1 aromatic rings. The Labute approximate surface area is 107 Å². The largest absolute Gasteiger partial charge is 0.335 e. The summed E-state index contributed by atoms with van der Waals surface area (Å²) in [5.41, 5.74) is 0. The molecular weight excluding hydrogens is 300 g/mol. The molecule has 1 aromatic heterocycles. The number of amides is 1. The van der Waals surface area contributed by atoms with Crippen molar-refractivity contribution in [2.75, 3.05) is 26.2 Å². The number of nitrogens with one attached hydrogen (secondary N) is 1. The second-order valence-corrected chi connectivity index (χ2v) is 5.00. The maximum Gasteiger partial charge on any atom is 0.264 e. The average molecular weight is 312 g/mol. The highest BCUT2D eigenvalue weighted by atomic mass is 79.9. The molecule has 2 heterocycles. The smallest absolute Gasteiger partial charge is 0.264 e. The fraction of sp³-hybridized carbons (Fsp3) is 0.444. The lowest BCUT2D eigenvalue weighted by atomic mass is 10.3. The van der Waals surface area contributed by atoms with Crippen molar-refractivity contribution in [1.82, 2.24) is 10.2 Å². The number of rotatable bonds is 1. The predicted molar refractivity (Wildman–Crippen MR) is 68.0 cm³/mol. The van der Waals surface area contributed by atoms with Gasteiger partial charge in [0.1, 0.15) is 0 Å². The highest BCUT2D eigenvalue weighted by Crippen LogP contribution is 2.21. The maximum atomic E-state index is 11.9. The van der Waals surface area contributed by atoms with Gasteiger partial charge in [0, 0.05) is 36.0 Å². The summed E-state index contributed by atoms with van der Waals surface area (Å²) >= 11 is 4.84. The summed E-state index contributed by atoms with van der Waals surface area (Å²) in [6.07, 6.45) is 0. The van der Waals surface area contributed by atoms with Crippen LogP contribution in [0, 0.1) is 0 Å². The third-order valence-corrected chi connectivity index (χ3v) is 3.86. The summed E-state index contributed by atoms with van der Waals surface area (Å²) in [7, 11) is 0. The van der Waals surface area contributed by atoms with Crippen LogP contribution in [0.3, 0.4) is 0 Å². The van der Waals surface area contributed by atoms with E-state index in [2.05, 4.69) is 21.2 Å². The lowest BCUT2D eigenvalue weighted by molar-refractivity contribution is 0.0740. The summed E-state index contributed by atoms with van der Waals surface area (Å²) in [4.78, 5) is 14.6. The van der Waals surface area contributed by atoms with Crippen molar-refractivity contribution < 1.29 is 4.79 Å². The van der Waals surface area contributed by atoms with Crippen LogP contribution in [0.15, 0.2) is 15.9 Å². The predicted octanol–water partition coefficient (Wildman–Crippen LogP) is 1.98. The average Bonchev–Trinajstić information content (AvgIpc) is 2.65. The molecule has 0 atom stereocenters. The molecule has 0 unspecified atom stereocenters. The highest BCUT2D eigenvalue weighted by molar-refractivity contribution is 9.10. The van der Waals surface area contributed by atoms with Gasteiger partial charge in [-0.15, -0.1) is 23.7 Å². The molecule has 1 saturated heterocycles. The first-order chi connectivity index (χ1) is 6.77. The van der Waals surface area contributed by atoms with Crippen LogP contribution in [-0.2, 0) is 0 Å². The zero-order chi connectivity index (χ0) is 9.97. The van der Waals surface area contributed by atoms with Crippen LogP contribution < -0.4 is 5.32 Å². The van der Waals surface area contributed by atoms with Crippen LogP contribution in [-0.4, -0.2) is 37.0 Å². The molecule has 0 radical (unpaired) electrons. The van der Waals surface area contributed by atoms with Crippen molar-refractivity contribution in [1.29, 1.82) is 0 Å². The molecule has 15 heavy (non-hydrogen) atoms. The van der Waals surface area contributed by atoms with Crippen molar-refractivity contribution in [2.24, 2.45) is 0 Å². The monoisotopic (exact) mass is 310 g/mol. The number of thiophene rings is 1. The van der Waals surface area contributed by atoms with Crippen LogP contribution in [0.1, 0.15) is 9.67 Å². The zero-order valence-electron chi connectivity index (χ0n) is 8.03. The van der Waals surface area contributed by atoms with Gasteiger partial charge in [0.2, 0.25) is 0 Å². The maximum absolute atomic E-state index is 11.9. The minimum Gasteiger partial charge on any atom is -0.335 e. The van der Waals surface area contributed by atoms with Gasteiger partial charge in [-0.1, -0.05) is 0 Å². The number of carbonyl (C=O) groups is 1. The molecule has 1 N–H and O–H groups in total. The molecule has 3 nitrogen and oxygen atoms in total. The summed E-state index contributed by atoms with van der Waals surface area (Å²) in [5, 5.41) is 5.17. The molecule has 0 aromatic carbocycles. The Morgan fingerprint density at radius 2 is 2.13 bits per heavy atom. The van der Waals surface area contributed by atoms with Crippen LogP contribution in [0.5, 0.6) is 0 Å². The van der Waals surface area contributed by atoms with E-state index in [0.717, 1.165) is 35.5 Å². The topological polar surface area (TPSA) is 32.3 Å². The second kappa shape index (κ2) is 5.84. The number of halogens is 2. The van der Waals surface area contributed by atoms with E-state index in [-0.39, 0.29) is 18.3 Å². The van der Waals surface area contributed by atoms with Crippen LogP contribution in [0.2, 0.25) is 0 Å². The SMILES string of the molecule is Cl.O=C(c1cc(Br)cs1)N1CCNCC1. The molecular formula is C9H12BrClN2OS. The Hall–Kier alpha value is -0.100. The molecule has 6 heteroatoms. The van der Waals surface area contributed by atoms with Crippen molar-refractivity contribution in [2.45, 2.75) is 0 Å². The number of carbonyl (C=O) groups excluding carboxylic acids is 1. The number of piperazine rings is 1. The Morgan fingerprint density at radius 3 is 2.67 bits per heavy atom. The van der Waals surface area contributed by atoms with E-state index in [9.17, 15) is 4.79 Å². The molecule has 1 aliphatic heterocycles. The number of hydrogen-bond donors (Lipinski definition) is 1. The van der Waals surface area contributed by atoms with E-state index < -0.39 is 0 Å². The molecule has 1 amide bonds. The van der Waals surface area contributed by atoms with Gasteiger partial charge < -0.3 is 10.2 Å². The van der Waals surface area contributed by atoms with Gasteiger partial charge in [0.15, 0.2) is 0 Å². The Bertz CT molecular complexity index is 339. The lowest BCUT2D eigenvalue weighted by Crippen LogP contribution is -2.46. The molecule has 1 fully saturated rings. The second-order valence-electron chi connectivity index (χ2n) is 3.17. The van der Waals surface area contributed by atoms with Crippen LogP contribution >= 0.6 is 39.7 Å². The van der Waals surface area contributed by atoms with Gasteiger partial charge in [-0.25, -0.2) is 0 Å². The normalized spacial score (nSPS) is 15.9. The lowest BCUT2D eigenvalue weighted by Gasteiger charge is -2.26. The summed E-state index contributed by atoms with van der Waals surface area (Å²) < 4.78 is 0.987. The molecule has 0 bridgehead atoms. The van der Waals surface area contributed by atoms with E-state index in [1.165, 1.54) is 11.3 Å². The molecule has 0 aliphatic carbocycles. The molecule has 84 valence electrons. The van der Waals surface area contributed by atoms with Crippen molar-refractivity contribution in [3.63, 3.8) is 0 Å². The molecule has 0 spiro atoms.